The van der Waals surface area contributed by atoms with Gasteiger partial charge in [0.05, 0.1) is 10.6 Å². The standard InChI is InChI=1S/C15H15F2NO2S/c1-10-8-12(16)9-11(2)15(10)21(19,20)18(3)14-7-5-4-6-13(14)17/h4-9H,1-3H3. The number of hydrogen-bond donors (Lipinski definition) is 0. The van der Waals surface area contributed by atoms with Crippen LogP contribution in [-0.4, -0.2) is 15.5 Å². The van der Waals surface area contributed by atoms with E-state index in [1.54, 1.807) is 6.07 Å². The smallest absolute Gasteiger partial charge is 0.264 e. The van der Waals surface area contributed by atoms with E-state index in [1.807, 2.05) is 0 Å². The van der Waals surface area contributed by atoms with E-state index in [4.69, 9.17) is 0 Å². The van der Waals surface area contributed by atoms with Crippen LogP contribution in [0.5, 0.6) is 0 Å². The molecule has 0 spiro atoms. The quantitative estimate of drug-likeness (QED) is 0.871. The lowest BCUT2D eigenvalue weighted by atomic mass is 10.1. The first-order valence-electron chi connectivity index (χ1n) is 6.25. The Morgan fingerprint density at radius 1 is 1.00 bits per heavy atom. The van der Waals surface area contributed by atoms with E-state index in [9.17, 15) is 17.2 Å². The number of anilines is 1. The summed E-state index contributed by atoms with van der Waals surface area (Å²) >= 11 is 0. The number of benzene rings is 2. The fourth-order valence-electron chi connectivity index (χ4n) is 2.28. The summed E-state index contributed by atoms with van der Waals surface area (Å²) in [6.07, 6.45) is 0. The van der Waals surface area contributed by atoms with Crippen molar-refractivity contribution in [3.8, 4) is 0 Å². The molecule has 0 atom stereocenters. The van der Waals surface area contributed by atoms with Crippen molar-refractivity contribution in [1.29, 1.82) is 0 Å². The van der Waals surface area contributed by atoms with Crippen LogP contribution in [0.2, 0.25) is 0 Å². The normalized spacial score (nSPS) is 11.5. The maximum Gasteiger partial charge on any atom is 0.264 e. The summed E-state index contributed by atoms with van der Waals surface area (Å²) in [6.45, 7) is 3.02. The SMILES string of the molecule is Cc1cc(F)cc(C)c1S(=O)(=O)N(C)c1ccccc1F. The van der Waals surface area contributed by atoms with Gasteiger partial charge in [-0.05, 0) is 49.2 Å². The van der Waals surface area contributed by atoms with Gasteiger partial charge in [0.1, 0.15) is 11.6 Å². The van der Waals surface area contributed by atoms with E-state index < -0.39 is 21.7 Å². The minimum atomic E-state index is -3.97. The van der Waals surface area contributed by atoms with Crippen molar-refractivity contribution < 1.29 is 17.2 Å². The van der Waals surface area contributed by atoms with Gasteiger partial charge in [0.2, 0.25) is 0 Å². The zero-order valence-corrected chi connectivity index (χ0v) is 12.7. The number of halogens is 2. The molecule has 0 saturated heterocycles. The molecule has 0 bridgehead atoms. The second kappa shape index (κ2) is 5.44. The number of sulfonamides is 1. The minimum absolute atomic E-state index is 0.00495. The zero-order chi connectivity index (χ0) is 15.8. The van der Waals surface area contributed by atoms with Crippen LogP contribution in [0.1, 0.15) is 11.1 Å². The first-order valence-corrected chi connectivity index (χ1v) is 7.69. The maximum absolute atomic E-state index is 13.8. The van der Waals surface area contributed by atoms with Crippen molar-refractivity contribution >= 4 is 15.7 Å². The van der Waals surface area contributed by atoms with Gasteiger partial charge in [-0.15, -0.1) is 0 Å². The Bertz CT molecular complexity index is 765. The molecular weight excluding hydrogens is 296 g/mol. The lowest BCUT2D eigenvalue weighted by molar-refractivity contribution is 0.586. The summed E-state index contributed by atoms with van der Waals surface area (Å²) < 4.78 is 53.3. The van der Waals surface area contributed by atoms with Gasteiger partial charge in [-0.1, -0.05) is 12.1 Å². The third kappa shape index (κ3) is 2.76. The van der Waals surface area contributed by atoms with Gasteiger partial charge in [0.15, 0.2) is 0 Å². The summed E-state index contributed by atoms with van der Waals surface area (Å²) in [5.41, 5.74) is 0.520. The average Bonchev–Trinajstić information content (AvgIpc) is 2.36. The molecule has 2 aromatic rings. The Kier molecular flexibility index (Phi) is 4.00. The Labute approximate surface area is 122 Å². The second-order valence-electron chi connectivity index (χ2n) is 4.79. The zero-order valence-electron chi connectivity index (χ0n) is 11.9. The number of hydrogen-bond acceptors (Lipinski definition) is 2. The largest absolute Gasteiger partial charge is 0.266 e. The van der Waals surface area contributed by atoms with Gasteiger partial charge in [-0.3, -0.25) is 4.31 Å². The van der Waals surface area contributed by atoms with Gasteiger partial charge in [0.25, 0.3) is 10.0 Å². The topological polar surface area (TPSA) is 37.4 Å². The number of rotatable bonds is 3. The highest BCUT2D eigenvalue weighted by Crippen LogP contribution is 2.28. The van der Waals surface area contributed by atoms with Crippen molar-refractivity contribution in [3.05, 3.63) is 59.2 Å². The Hall–Kier alpha value is -1.95. The van der Waals surface area contributed by atoms with Crippen LogP contribution in [0.25, 0.3) is 0 Å². The van der Waals surface area contributed by atoms with Gasteiger partial charge < -0.3 is 0 Å². The molecule has 0 aliphatic heterocycles. The maximum atomic E-state index is 13.8. The van der Waals surface area contributed by atoms with E-state index in [0.29, 0.717) is 0 Å². The van der Waals surface area contributed by atoms with Crippen LogP contribution < -0.4 is 4.31 Å². The second-order valence-corrected chi connectivity index (χ2v) is 6.70. The molecule has 112 valence electrons. The number of nitrogens with zero attached hydrogens (tertiary/aromatic N) is 1. The van der Waals surface area contributed by atoms with Crippen molar-refractivity contribution in [1.82, 2.24) is 0 Å². The molecule has 0 amide bonds. The van der Waals surface area contributed by atoms with Crippen LogP contribution in [0.4, 0.5) is 14.5 Å². The van der Waals surface area contributed by atoms with E-state index in [1.165, 1.54) is 39.1 Å². The van der Waals surface area contributed by atoms with Gasteiger partial charge in [0, 0.05) is 7.05 Å². The van der Waals surface area contributed by atoms with Gasteiger partial charge in [-0.25, -0.2) is 17.2 Å². The molecule has 0 aromatic heterocycles. The van der Waals surface area contributed by atoms with Crippen molar-refractivity contribution in [3.63, 3.8) is 0 Å². The Balaban J connectivity index is 2.61. The molecule has 0 aliphatic rings. The summed E-state index contributed by atoms with van der Waals surface area (Å²) in [4.78, 5) is -0.00495. The van der Waals surface area contributed by atoms with Crippen LogP contribution in [0.3, 0.4) is 0 Å². The fourth-order valence-corrected chi connectivity index (χ4v) is 3.89. The highest BCUT2D eigenvalue weighted by atomic mass is 32.2. The molecule has 0 radical (unpaired) electrons. The molecular formula is C15H15F2NO2S. The summed E-state index contributed by atoms with van der Waals surface area (Å²) in [5, 5.41) is 0. The third-order valence-electron chi connectivity index (χ3n) is 3.24. The molecule has 0 aliphatic carbocycles. The van der Waals surface area contributed by atoms with Gasteiger partial charge >= 0.3 is 0 Å². The first kappa shape index (κ1) is 15.4. The molecule has 21 heavy (non-hydrogen) atoms. The molecule has 0 fully saturated rings. The lowest BCUT2D eigenvalue weighted by Crippen LogP contribution is -2.28. The summed E-state index contributed by atoms with van der Waals surface area (Å²) in [6, 6.07) is 7.89. The lowest BCUT2D eigenvalue weighted by Gasteiger charge is -2.22. The molecule has 0 heterocycles. The summed E-state index contributed by atoms with van der Waals surface area (Å²) in [5.74, 6) is -1.14. The van der Waals surface area contributed by atoms with Crippen molar-refractivity contribution in [2.75, 3.05) is 11.4 Å². The molecule has 6 heteroatoms. The van der Waals surface area contributed by atoms with Crippen molar-refractivity contribution in [2.45, 2.75) is 18.7 Å². The molecule has 0 saturated carbocycles. The molecule has 0 unspecified atom stereocenters. The third-order valence-corrected chi connectivity index (χ3v) is 5.31. The number of para-hydroxylation sites is 1. The fraction of sp³-hybridized carbons (Fsp3) is 0.200. The molecule has 0 N–H and O–H groups in total. The highest BCUT2D eigenvalue weighted by Gasteiger charge is 2.27. The predicted octanol–water partition coefficient (Wildman–Crippen LogP) is 3.41. The van der Waals surface area contributed by atoms with Crippen molar-refractivity contribution in [2.24, 2.45) is 0 Å². The van der Waals surface area contributed by atoms with E-state index in [0.717, 1.165) is 16.4 Å². The van der Waals surface area contributed by atoms with E-state index in [2.05, 4.69) is 0 Å². The molecule has 2 rings (SSSR count). The predicted molar refractivity (Wildman–Crippen MR) is 77.9 cm³/mol. The van der Waals surface area contributed by atoms with E-state index in [-0.39, 0.29) is 21.7 Å². The highest BCUT2D eigenvalue weighted by molar-refractivity contribution is 7.92. The molecule has 3 nitrogen and oxygen atoms in total. The van der Waals surface area contributed by atoms with Crippen LogP contribution in [-0.2, 0) is 10.0 Å². The van der Waals surface area contributed by atoms with Crippen LogP contribution >= 0.6 is 0 Å². The minimum Gasteiger partial charge on any atom is -0.266 e. The van der Waals surface area contributed by atoms with Gasteiger partial charge in [-0.2, -0.15) is 0 Å². The monoisotopic (exact) mass is 311 g/mol. The van der Waals surface area contributed by atoms with Crippen LogP contribution in [0.15, 0.2) is 41.3 Å². The Morgan fingerprint density at radius 3 is 2.05 bits per heavy atom. The first-order chi connectivity index (χ1) is 9.75. The van der Waals surface area contributed by atoms with Crippen LogP contribution in [0, 0.1) is 25.5 Å². The Morgan fingerprint density at radius 2 is 1.52 bits per heavy atom. The summed E-state index contributed by atoms with van der Waals surface area (Å²) in [7, 11) is -2.69. The number of aryl methyl sites for hydroxylation is 2. The molecule has 2 aromatic carbocycles. The average molecular weight is 311 g/mol. The van der Waals surface area contributed by atoms with E-state index >= 15 is 0 Å².